The van der Waals surface area contributed by atoms with Crippen molar-refractivity contribution in [1.82, 2.24) is 19.5 Å². The number of thiol groups is 1. The number of nitrogen functional groups attached to an aromatic ring is 1. The quantitative estimate of drug-likeness (QED) is 0.328. The van der Waals surface area contributed by atoms with Crippen LogP contribution >= 0.6 is 12.9 Å². The summed E-state index contributed by atoms with van der Waals surface area (Å²) in [6.07, 6.45) is -2.85. The lowest BCUT2D eigenvalue weighted by atomic mass is 10.1. The van der Waals surface area contributed by atoms with Crippen molar-refractivity contribution in [2.24, 2.45) is 0 Å². The fourth-order valence-electron chi connectivity index (χ4n) is 2.30. The number of hydrogen-bond acceptors (Lipinski definition) is 9. The number of aliphatic hydroxyl groups excluding tert-OH is 2. The van der Waals surface area contributed by atoms with Gasteiger partial charge in [0.05, 0.1) is 12.9 Å². The lowest BCUT2D eigenvalue weighted by molar-refractivity contribution is -0.0451. The number of rotatable bonds is 3. The van der Waals surface area contributed by atoms with E-state index in [0.717, 1.165) is 0 Å². The Morgan fingerprint density at radius 3 is 3.00 bits per heavy atom. The summed E-state index contributed by atoms with van der Waals surface area (Å²) in [6.45, 7) is -0.0133. The summed E-state index contributed by atoms with van der Waals surface area (Å²) < 4.78 is 11.5. The van der Waals surface area contributed by atoms with Gasteiger partial charge >= 0.3 is 0 Å². The Bertz CT molecular complexity index is 717. The number of hydrogen-bond donors (Lipinski definition) is 5. The number of ether oxygens (including phenoxy) is 1. The molecule has 1 aliphatic rings. The third-order valence-corrected chi connectivity index (χ3v) is 3.45. The van der Waals surface area contributed by atoms with E-state index in [0.29, 0.717) is 0 Å². The maximum atomic E-state index is 11.7. The van der Waals surface area contributed by atoms with Crippen molar-refractivity contribution < 1.29 is 19.1 Å². The second kappa shape index (κ2) is 5.27. The van der Waals surface area contributed by atoms with Crippen LogP contribution in [-0.2, 0) is 8.92 Å². The van der Waals surface area contributed by atoms with Gasteiger partial charge in [-0.15, -0.1) is 0 Å². The van der Waals surface area contributed by atoms with E-state index in [1.54, 1.807) is 0 Å². The maximum absolute atomic E-state index is 11.7. The average Bonchev–Trinajstić information content (AvgIpc) is 2.96. The highest BCUT2D eigenvalue weighted by atomic mass is 32.1. The lowest BCUT2D eigenvalue weighted by Crippen LogP contribution is -2.33. The Balaban J connectivity index is 2.03. The highest BCUT2D eigenvalue weighted by molar-refractivity contribution is 7.75. The summed E-state index contributed by atoms with van der Waals surface area (Å²) in [4.78, 5) is 21.9. The highest BCUT2D eigenvalue weighted by Crippen LogP contribution is 2.31. The zero-order valence-corrected chi connectivity index (χ0v) is 11.5. The molecule has 5 N–H and O–H groups in total. The van der Waals surface area contributed by atoms with Crippen LogP contribution in [0.15, 0.2) is 11.1 Å². The molecule has 1 fully saturated rings. The number of nitrogens with one attached hydrogen (secondary N) is 1. The molecule has 3 heterocycles. The minimum Gasteiger partial charge on any atom is -0.387 e. The molecule has 0 aromatic carbocycles. The standard InChI is InChI=1S/C10H13N5O5S/c11-10-13-7-4(8(18)14-10)12-2-15(7)9-6(17)5(16)3(20-9)1-19-21/h2-3,5-6,9,16-17,21H,1H2,(H3,11,13,14,18)/t3-,5-,6-,9-/m1/s1. The number of aliphatic hydroxyl groups is 2. The molecule has 10 nitrogen and oxygen atoms in total. The summed E-state index contributed by atoms with van der Waals surface area (Å²) in [7, 11) is 0. The zero-order valence-electron chi connectivity index (χ0n) is 10.6. The molecular formula is C10H13N5O5S. The van der Waals surface area contributed by atoms with Crippen molar-refractivity contribution in [2.45, 2.75) is 24.5 Å². The van der Waals surface area contributed by atoms with Gasteiger partial charge in [-0.25, -0.2) is 4.98 Å². The molecule has 0 aliphatic carbocycles. The van der Waals surface area contributed by atoms with Gasteiger partial charge in [-0.2, -0.15) is 4.98 Å². The summed E-state index contributed by atoms with van der Waals surface area (Å²) in [5.74, 6) is -0.0856. The predicted octanol–water partition coefficient (Wildman–Crippen LogP) is -1.82. The van der Waals surface area contributed by atoms with E-state index in [9.17, 15) is 15.0 Å². The van der Waals surface area contributed by atoms with E-state index >= 15 is 0 Å². The fourth-order valence-corrected chi connectivity index (χ4v) is 2.45. The molecule has 1 saturated heterocycles. The summed E-state index contributed by atoms with van der Waals surface area (Å²) in [6, 6.07) is 0. The number of anilines is 1. The largest absolute Gasteiger partial charge is 0.387 e. The van der Waals surface area contributed by atoms with Crippen LogP contribution in [0.3, 0.4) is 0 Å². The molecule has 1 aliphatic heterocycles. The predicted molar refractivity (Wildman–Crippen MR) is 73.4 cm³/mol. The molecule has 2 aromatic rings. The molecule has 0 radical (unpaired) electrons. The van der Waals surface area contributed by atoms with Crippen molar-refractivity contribution in [3.63, 3.8) is 0 Å². The number of imidazole rings is 1. The Hall–Kier alpha value is -1.66. The molecule has 0 unspecified atom stereocenters. The second-order valence-electron chi connectivity index (χ2n) is 4.62. The smallest absolute Gasteiger partial charge is 0.280 e. The van der Waals surface area contributed by atoms with Crippen LogP contribution < -0.4 is 11.3 Å². The highest BCUT2D eigenvalue weighted by Gasteiger charge is 2.44. The summed E-state index contributed by atoms with van der Waals surface area (Å²) in [5.41, 5.74) is 5.21. The minimum atomic E-state index is -1.24. The van der Waals surface area contributed by atoms with Crippen molar-refractivity contribution in [3.8, 4) is 0 Å². The number of aromatic nitrogens is 4. The van der Waals surface area contributed by atoms with Gasteiger partial charge in [-0.05, 0) is 12.9 Å². The summed E-state index contributed by atoms with van der Waals surface area (Å²) >= 11 is 3.59. The van der Waals surface area contributed by atoms with E-state index in [1.807, 2.05) is 0 Å². The fraction of sp³-hybridized carbons (Fsp3) is 0.500. The number of nitrogens with two attached hydrogens (primary N) is 1. The van der Waals surface area contributed by atoms with Gasteiger partial charge in [0.25, 0.3) is 5.56 Å². The normalized spacial score (nSPS) is 29.3. The third kappa shape index (κ3) is 2.28. The van der Waals surface area contributed by atoms with Crippen molar-refractivity contribution in [3.05, 3.63) is 16.7 Å². The molecule has 114 valence electrons. The van der Waals surface area contributed by atoms with E-state index in [2.05, 4.69) is 32.0 Å². The topological polar surface area (TPSA) is 149 Å². The van der Waals surface area contributed by atoms with E-state index in [-0.39, 0.29) is 23.7 Å². The average molecular weight is 315 g/mol. The van der Waals surface area contributed by atoms with Crippen molar-refractivity contribution >= 4 is 30.0 Å². The lowest BCUT2D eigenvalue weighted by Gasteiger charge is -2.16. The monoisotopic (exact) mass is 315 g/mol. The first-order chi connectivity index (χ1) is 10.0. The van der Waals surface area contributed by atoms with Crippen LogP contribution in [0.2, 0.25) is 0 Å². The molecule has 4 atom stereocenters. The van der Waals surface area contributed by atoms with Gasteiger partial charge in [0.15, 0.2) is 17.4 Å². The van der Waals surface area contributed by atoms with Crippen molar-refractivity contribution in [1.29, 1.82) is 0 Å². The molecule has 0 spiro atoms. The molecule has 0 bridgehead atoms. The molecule has 2 aromatic heterocycles. The second-order valence-corrected chi connectivity index (χ2v) is 4.88. The van der Waals surface area contributed by atoms with Gasteiger partial charge in [-0.1, -0.05) is 0 Å². The third-order valence-electron chi connectivity index (χ3n) is 3.30. The van der Waals surface area contributed by atoms with Crippen LogP contribution in [0, 0.1) is 0 Å². The maximum Gasteiger partial charge on any atom is 0.280 e. The molecular weight excluding hydrogens is 302 g/mol. The first-order valence-electron chi connectivity index (χ1n) is 6.03. The van der Waals surface area contributed by atoms with Gasteiger partial charge in [0.2, 0.25) is 5.95 Å². The SMILES string of the molecule is Nc1nc2c(ncn2[C@@H]2O[C@H](COS)[C@@H](O)[C@H]2O)c(=O)[nH]1. The number of H-pyrrole nitrogens is 1. The van der Waals surface area contributed by atoms with Crippen molar-refractivity contribution in [2.75, 3.05) is 12.3 Å². The van der Waals surface area contributed by atoms with Crippen LogP contribution in [0.25, 0.3) is 11.2 Å². The Labute approximate surface area is 123 Å². The summed E-state index contributed by atoms with van der Waals surface area (Å²) in [5, 5.41) is 20.0. The molecule has 3 rings (SSSR count). The number of fused-ring (bicyclic) bond motifs is 1. The Kier molecular flexibility index (Phi) is 3.59. The van der Waals surface area contributed by atoms with Crippen LogP contribution in [0.4, 0.5) is 5.95 Å². The van der Waals surface area contributed by atoms with Gasteiger partial charge in [0.1, 0.15) is 18.3 Å². The van der Waals surface area contributed by atoms with E-state index in [4.69, 9.17) is 10.5 Å². The van der Waals surface area contributed by atoms with Crippen LogP contribution in [-0.4, -0.2) is 54.7 Å². The first-order valence-corrected chi connectivity index (χ1v) is 6.39. The van der Waals surface area contributed by atoms with Gasteiger partial charge in [-0.3, -0.25) is 14.3 Å². The molecule has 21 heavy (non-hydrogen) atoms. The molecule has 0 amide bonds. The Morgan fingerprint density at radius 2 is 2.29 bits per heavy atom. The van der Waals surface area contributed by atoms with Gasteiger partial charge < -0.3 is 24.9 Å². The Morgan fingerprint density at radius 1 is 1.52 bits per heavy atom. The van der Waals surface area contributed by atoms with Crippen LogP contribution in [0.1, 0.15) is 6.23 Å². The van der Waals surface area contributed by atoms with Gasteiger partial charge in [0, 0.05) is 0 Å². The first kappa shape index (κ1) is 14.3. The van der Waals surface area contributed by atoms with E-state index in [1.165, 1.54) is 10.9 Å². The number of nitrogens with zero attached hydrogens (tertiary/aromatic N) is 3. The number of aromatic amines is 1. The molecule has 0 saturated carbocycles. The minimum absolute atomic E-state index is 0.0133. The van der Waals surface area contributed by atoms with Crippen LogP contribution in [0.5, 0.6) is 0 Å². The zero-order chi connectivity index (χ0) is 15.1. The van der Waals surface area contributed by atoms with E-state index < -0.39 is 30.1 Å². The molecule has 11 heteroatoms.